The largest absolute Gasteiger partial charge is 0.465 e. The molecule has 8 nitrogen and oxygen atoms in total. The van der Waals surface area contributed by atoms with Gasteiger partial charge in [-0.2, -0.15) is 0 Å². The maximum absolute atomic E-state index is 14.4. The first-order valence-corrected chi connectivity index (χ1v) is 8.61. The molecule has 0 aliphatic carbocycles. The highest BCUT2D eigenvalue weighted by atomic mass is 19.1. The van der Waals surface area contributed by atoms with Crippen molar-refractivity contribution in [3.8, 4) is 11.4 Å². The molecular weight excluding hydrogens is 375 g/mol. The Balaban J connectivity index is 1.89. The second-order valence-corrected chi connectivity index (χ2v) is 6.15. The molecule has 0 saturated carbocycles. The van der Waals surface area contributed by atoms with Crippen molar-refractivity contribution in [3.05, 3.63) is 66.0 Å². The average molecular weight is 390 g/mol. The Kier molecular flexibility index (Phi) is 4.78. The third kappa shape index (κ3) is 3.57. The van der Waals surface area contributed by atoms with Crippen molar-refractivity contribution < 1.29 is 13.9 Å². The number of carbonyl (C=O) groups excluding carboxylic acids is 1. The quantitative estimate of drug-likeness (QED) is 0.529. The van der Waals surface area contributed by atoms with Gasteiger partial charge in [-0.25, -0.2) is 29.1 Å². The molecule has 0 atom stereocenters. The third-order valence-corrected chi connectivity index (χ3v) is 4.17. The third-order valence-electron chi connectivity index (χ3n) is 4.17. The van der Waals surface area contributed by atoms with Gasteiger partial charge in [-0.3, -0.25) is 4.98 Å². The number of pyridine rings is 1. The van der Waals surface area contributed by atoms with Gasteiger partial charge in [0.25, 0.3) is 0 Å². The van der Waals surface area contributed by atoms with Crippen molar-refractivity contribution in [2.75, 3.05) is 12.4 Å². The number of carbonyl (C=O) groups is 1. The molecule has 0 saturated heterocycles. The minimum atomic E-state index is -0.560. The molecule has 144 valence electrons. The monoisotopic (exact) mass is 390 g/mol. The van der Waals surface area contributed by atoms with Crippen LogP contribution in [0.3, 0.4) is 0 Å². The maximum atomic E-state index is 14.4. The van der Waals surface area contributed by atoms with Crippen LogP contribution in [0.2, 0.25) is 0 Å². The normalized spacial score (nSPS) is 10.7. The summed E-state index contributed by atoms with van der Waals surface area (Å²) in [5.41, 5.74) is 2.39. The number of fused-ring (bicyclic) bond motifs is 1. The van der Waals surface area contributed by atoms with Gasteiger partial charge in [0.1, 0.15) is 11.4 Å². The molecule has 3 heterocycles. The molecule has 1 N–H and O–H groups in total. The first-order chi connectivity index (χ1) is 14.1. The first kappa shape index (κ1) is 18.4. The summed E-state index contributed by atoms with van der Waals surface area (Å²) in [6, 6.07) is 6.28. The van der Waals surface area contributed by atoms with Crippen LogP contribution in [0, 0.1) is 12.7 Å². The molecule has 1 aromatic carbocycles. The number of hydrogen-bond donors (Lipinski definition) is 1. The van der Waals surface area contributed by atoms with Crippen LogP contribution >= 0.6 is 0 Å². The summed E-state index contributed by atoms with van der Waals surface area (Å²) in [7, 11) is 1.28. The Morgan fingerprint density at radius 1 is 1.10 bits per heavy atom. The van der Waals surface area contributed by atoms with E-state index in [1.54, 1.807) is 18.2 Å². The van der Waals surface area contributed by atoms with Crippen LogP contribution in [0.4, 0.5) is 15.9 Å². The lowest BCUT2D eigenvalue weighted by Crippen LogP contribution is -2.08. The zero-order valence-electron chi connectivity index (χ0n) is 15.5. The van der Waals surface area contributed by atoms with E-state index < -0.39 is 11.8 Å². The Labute approximate surface area is 164 Å². The number of hydrogen-bond acceptors (Lipinski definition) is 8. The first-order valence-electron chi connectivity index (χ1n) is 8.61. The topological polar surface area (TPSA) is 103 Å². The van der Waals surface area contributed by atoms with Crippen LogP contribution in [0.15, 0.2) is 49.1 Å². The molecule has 0 unspecified atom stereocenters. The van der Waals surface area contributed by atoms with Crippen molar-refractivity contribution in [3.63, 3.8) is 0 Å². The minimum absolute atomic E-state index is 0.148. The smallest absolute Gasteiger partial charge is 0.341 e. The number of ether oxygens (including phenoxy) is 1. The summed E-state index contributed by atoms with van der Waals surface area (Å²) in [6.45, 7) is 1.85. The molecule has 0 spiro atoms. The van der Waals surface area contributed by atoms with Gasteiger partial charge in [0, 0.05) is 24.8 Å². The van der Waals surface area contributed by atoms with Gasteiger partial charge in [0.05, 0.1) is 18.4 Å². The van der Waals surface area contributed by atoms with E-state index in [-0.39, 0.29) is 28.4 Å². The molecule has 0 aliphatic rings. The van der Waals surface area contributed by atoms with Crippen LogP contribution in [0.1, 0.15) is 15.9 Å². The molecule has 29 heavy (non-hydrogen) atoms. The van der Waals surface area contributed by atoms with E-state index in [2.05, 4.69) is 30.2 Å². The Hall–Kier alpha value is -4.01. The number of esters is 1. The molecule has 0 amide bonds. The molecule has 0 bridgehead atoms. The van der Waals surface area contributed by atoms with E-state index in [9.17, 15) is 9.18 Å². The van der Waals surface area contributed by atoms with Crippen molar-refractivity contribution in [2.45, 2.75) is 6.92 Å². The Morgan fingerprint density at radius 3 is 2.76 bits per heavy atom. The van der Waals surface area contributed by atoms with Gasteiger partial charge in [0.2, 0.25) is 0 Å². The fourth-order valence-electron chi connectivity index (χ4n) is 2.79. The van der Waals surface area contributed by atoms with Crippen molar-refractivity contribution in [1.29, 1.82) is 0 Å². The lowest BCUT2D eigenvalue weighted by Gasteiger charge is -2.12. The van der Waals surface area contributed by atoms with E-state index in [1.165, 1.54) is 38.0 Å². The SMILES string of the molecule is COC(=O)c1cnccc1Nc1nc(-c2cc(C)ccc2F)nc2nccnc12. The molecule has 0 fully saturated rings. The molecule has 9 heteroatoms. The van der Waals surface area contributed by atoms with E-state index in [4.69, 9.17) is 4.74 Å². The summed E-state index contributed by atoms with van der Waals surface area (Å²) < 4.78 is 19.2. The van der Waals surface area contributed by atoms with Crippen molar-refractivity contribution in [2.24, 2.45) is 0 Å². The Bertz CT molecular complexity index is 1230. The van der Waals surface area contributed by atoms with Crippen LogP contribution in [-0.2, 0) is 4.74 Å². The number of nitrogens with one attached hydrogen (secondary N) is 1. The lowest BCUT2D eigenvalue weighted by molar-refractivity contribution is 0.0601. The zero-order chi connectivity index (χ0) is 20.4. The zero-order valence-corrected chi connectivity index (χ0v) is 15.5. The van der Waals surface area contributed by atoms with Crippen molar-refractivity contribution >= 4 is 28.6 Å². The van der Waals surface area contributed by atoms with E-state index in [0.717, 1.165) is 5.56 Å². The highest BCUT2D eigenvalue weighted by molar-refractivity contribution is 5.97. The number of halogens is 1. The van der Waals surface area contributed by atoms with Gasteiger partial charge < -0.3 is 10.1 Å². The number of aryl methyl sites for hydroxylation is 1. The number of nitrogens with zero attached hydrogens (tertiary/aromatic N) is 5. The predicted octanol–water partition coefficient (Wildman–Crippen LogP) is 3.46. The molecule has 0 radical (unpaired) electrons. The van der Waals surface area contributed by atoms with Gasteiger partial charge >= 0.3 is 5.97 Å². The summed E-state index contributed by atoms with van der Waals surface area (Å²) in [6.07, 6.45) is 5.88. The number of methoxy groups -OCH3 is 1. The second-order valence-electron chi connectivity index (χ2n) is 6.15. The maximum Gasteiger partial charge on any atom is 0.341 e. The van der Waals surface area contributed by atoms with E-state index >= 15 is 0 Å². The highest BCUT2D eigenvalue weighted by Crippen LogP contribution is 2.28. The fourth-order valence-corrected chi connectivity index (χ4v) is 2.79. The van der Waals surface area contributed by atoms with Gasteiger partial charge in [0.15, 0.2) is 22.8 Å². The van der Waals surface area contributed by atoms with Crippen LogP contribution < -0.4 is 5.32 Å². The van der Waals surface area contributed by atoms with E-state index in [1.807, 2.05) is 6.92 Å². The average Bonchev–Trinajstić information content (AvgIpc) is 2.75. The summed E-state index contributed by atoms with van der Waals surface area (Å²) >= 11 is 0. The number of benzene rings is 1. The number of aromatic nitrogens is 5. The van der Waals surface area contributed by atoms with Crippen molar-refractivity contribution in [1.82, 2.24) is 24.9 Å². The predicted molar refractivity (Wildman–Crippen MR) is 104 cm³/mol. The van der Waals surface area contributed by atoms with Crippen LogP contribution in [0.25, 0.3) is 22.6 Å². The molecule has 4 rings (SSSR count). The fraction of sp³-hybridized carbons (Fsp3) is 0.100. The molecule has 0 aliphatic heterocycles. The van der Waals surface area contributed by atoms with Crippen LogP contribution in [0.5, 0.6) is 0 Å². The van der Waals surface area contributed by atoms with Crippen LogP contribution in [-0.4, -0.2) is 38.0 Å². The Morgan fingerprint density at radius 2 is 1.93 bits per heavy atom. The second kappa shape index (κ2) is 7.55. The van der Waals surface area contributed by atoms with Gasteiger partial charge in [-0.05, 0) is 25.1 Å². The minimum Gasteiger partial charge on any atom is -0.465 e. The summed E-state index contributed by atoms with van der Waals surface area (Å²) in [5, 5.41) is 3.06. The number of rotatable bonds is 4. The number of anilines is 2. The lowest BCUT2D eigenvalue weighted by atomic mass is 10.1. The standard InChI is InChI=1S/C20H15FN6O2/c1-11-3-4-14(21)12(9-11)17-26-18-16(23-7-8-24-18)19(27-17)25-15-5-6-22-10-13(15)20(28)29-2/h3-10H,1-2H3,(H,22,24,25,26,27). The van der Waals surface area contributed by atoms with Gasteiger partial charge in [-0.15, -0.1) is 0 Å². The molecular formula is C20H15FN6O2. The van der Waals surface area contributed by atoms with E-state index in [0.29, 0.717) is 11.2 Å². The molecule has 4 aromatic rings. The summed E-state index contributed by atoms with van der Waals surface area (Å²) in [4.78, 5) is 33.3. The highest BCUT2D eigenvalue weighted by Gasteiger charge is 2.17. The summed E-state index contributed by atoms with van der Waals surface area (Å²) in [5.74, 6) is -0.593. The molecule has 3 aromatic heterocycles. The van der Waals surface area contributed by atoms with Gasteiger partial charge in [-0.1, -0.05) is 11.6 Å².